The second-order valence-corrected chi connectivity index (χ2v) is 7.72. The molecule has 0 amide bonds. The van der Waals surface area contributed by atoms with Gasteiger partial charge in [0.05, 0.1) is 0 Å². The maximum atomic E-state index is 3.52. The largest absolute Gasteiger partial charge is 0.310 e. The van der Waals surface area contributed by atoms with Gasteiger partial charge < -0.3 is 5.32 Å². The lowest BCUT2D eigenvalue weighted by Gasteiger charge is -2.13. The molecule has 0 spiro atoms. The molecule has 0 fully saturated rings. The van der Waals surface area contributed by atoms with E-state index in [1.54, 1.807) is 0 Å². The topological polar surface area (TPSA) is 12.0 Å². The van der Waals surface area contributed by atoms with E-state index >= 15 is 0 Å². The molecule has 0 bridgehead atoms. The summed E-state index contributed by atoms with van der Waals surface area (Å²) in [6, 6.07) is 11.6. The predicted octanol–water partition coefficient (Wildman–Crippen LogP) is 5.86. The zero-order valence-electron chi connectivity index (χ0n) is 11.9. The van der Waals surface area contributed by atoms with E-state index in [0.717, 1.165) is 12.3 Å². The Hall–Kier alpha value is -0.290. The van der Waals surface area contributed by atoms with E-state index in [2.05, 4.69) is 70.8 Å². The molecule has 20 heavy (non-hydrogen) atoms. The molecule has 1 aromatic carbocycles. The fraction of sp³-hybridized carbons (Fsp3) is 0.375. The summed E-state index contributed by atoms with van der Waals surface area (Å²) in [7, 11) is 0. The molecule has 2 rings (SSSR count). The lowest BCUT2D eigenvalue weighted by atomic mass is 10.1. The van der Waals surface area contributed by atoms with Crippen LogP contribution in [0.2, 0.25) is 0 Å². The highest BCUT2D eigenvalue weighted by molar-refractivity contribution is 9.10. The molecule has 0 aliphatic rings. The average molecular weight is 370 g/mol. The van der Waals surface area contributed by atoms with Crippen molar-refractivity contribution in [3.05, 3.63) is 50.6 Å². The molecular weight excluding hydrogens is 350 g/mol. The van der Waals surface area contributed by atoms with Crippen LogP contribution in [-0.2, 0) is 5.75 Å². The monoisotopic (exact) mass is 369 g/mol. The van der Waals surface area contributed by atoms with Crippen molar-refractivity contribution in [2.45, 2.75) is 37.0 Å². The van der Waals surface area contributed by atoms with Crippen LogP contribution in [0.15, 0.2) is 45.1 Å². The van der Waals surface area contributed by atoms with Crippen molar-refractivity contribution in [1.29, 1.82) is 0 Å². The molecule has 108 valence electrons. The summed E-state index contributed by atoms with van der Waals surface area (Å²) in [5.41, 5.74) is 1.36. The Morgan fingerprint density at radius 2 is 2.05 bits per heavy atom. The Morgan fingerprint density at radius 1 is 1.30 bits per heavy atom. The van der Waals surface area contributed by atoms with Crippen LogP contribution in [0.4, 0.5) is 0 Å². The van der Waals surface area contributed by atoms with Crippen molar-refractivity contribution in [3.8, 4) is 0 Å². The zero-order chi connectivity index (χ0) is 14.4. The number of hydrogen-bond donors (Lipinski definition) is 1. The average Bonchev–Trinajstić information content (AvgIpc) is 2.89. The van der Waals surface area contributed by atoms with Crippen LogP contribution in [0.25, 0.3) is 0 Å². The van der Waals surface area contributed by atoms with Gasteiger partial charge in [-0.1, -0.05) is 19.1 Å². The van der Waals surface area contributed by atoms with Crippen LogP contribution >= 0.6 is 39.0 Å². The maximum Gasteiger partial charge on any atom is 0.0326 e. The third-order valence-corrected chi connectivity index (χ3v) is 6.02. The molecule has 2 aromatic rings. The highest BCUT2D eigenvalue weighted by atomic mass is 79.9. The van der Waals surface area contributed by atoms with Gasteiger partial charge in [-0.3, -0.25) is 0 Å². The normalized spacial score (nSPS) is 12.6. The van der Waals surface area contributed by atoms with E-state index in [0.29, 0.717) is 6.04 Å². The van der Waals surface area contributed by atoms with Gasteiger partial charge in [0.2, 0.25) is 0 Å². The van der Waals surface area contributed by atoms with Crippen LogP contribution in [-0.4, -0.2) is 6.54 Å². The van der Waals surface area contributed by atoms with Gasteiger partial charge in [-0.25, -0.2) is 0 Å². The van der Waals surface area contributed by atoms with Crippen LogP contribution < -0.4 is 5.32 Å². The van der Waals surface area contributed by atoms with E-state index in [-0.39, 0.29) is 0 Å². The van der Waals surface area contributed by atoms with E-state index in [1.165, 1.54) is 26.2 Å². The lowest BCUT2D eigenvalue weighted by Crippen LogP contribution is -2.19. The fourth-order valence-corrected chi connectivity index (χ4v) is 4.32. The first kappa shape index (κ1) is 16.1. The molecule has 0 aliphatic carbocycles. The van der Waals surface area contributed by atoms with Crippen LogP contribution in [0.5, 0.6) is 0 Å². The van der Waals surface area contributed by atoms with Crippen LogP contribution in [0.3, 0.4) is 0 Å². The van der Waals surface area contributed by atoms with Gasteiger partial charge in [-0.15, -0.1) is 23.1 Å². The second kappa shape index (κ2) is 8.23. The Bertz CT molecular complexity index is 522. The van der Waals surface area contributed by atoms with Gasteiger partial charge in [-0.05, 0) is 59.6 Å². The lowest BCUT2D eigenvalue weighted by molar-refractivity contribution is 0.570. The third-order valence-electron chi connectivity index (χ3n) is 3.08. The number of thioether (sulfide) groups is 1. The minimum atomic E-state index is 0.433. The number of nitrogens with one attached hydrogen (secondary N) is 1. The first-order valence-electron chi connectivity index (χ1n) is 6.88. The SMILES string of the molecule is CCCNC(C)c1ccc(SCc2cc(Br)cs2)cc1. The summed E-state index contributed by atoms with van der Waals surface area (Å²) in [6.45, 7) is 5.49. The van der Waals surface area contributed by atoms with Gasteiger partial charge in [-0.2, -0.15) is 0 Å². The van der Waals surface area contributed by atoms with Gasteiger partial charge in [0, 0.05) is 31.4 Å². The summed E-state index contributed by atoms with van der Waals surface area (Å²) in [5.74, 6) is 1.04. The molecule has 1 atom stereocenters. The van der Waals surface area contributed by atoms with Gasteiger partial charge in [0.1, 0.15) is 0 Å². The van der Waals surface area contributed by atoms with Crippen LogP contribution in [0, 0.1) is 0 Å². The third kappa shape index (κ3) is 4.92. The molecule has 0 saturated heterocycles. The molecule has 1 heterocycles. The van der Waals surface area contributed by atoms with Crippen molar-refractivity contribution in [2.24, 2.45) is 0 Å². The number of hydrogen-bond acceptors (Lipinski definition) is 3. The molecule has 0 saturated carbocycles. The van der Waals surface area contributed by atoms with Gasteiger partial charge >= 0.3 is 0 Å². The Balaban J connectivity index is 1.87. The second-order valence-electron chi connectivity index (χ2n) is 4.76. The smallest absolute Gasteiger partial charge is 0.0326 e. The van der Waals surface area contributed by atoms with Crippen molar-refractivity contribution >= 4 is 39.0 Å². The predicted molar refractivity (Wildman–Crippen MR) is 94.7 cm³/mol. The first-order valence-corrected chi connectivity index (χ1v) is 9.54. The Morgan fingerprint density at radius 3 is 2.65 bits per heavy atom. The van der Waals surface area contributed by atoms with E-state index in [4.69, 9.17) is 0 Å². The van der Waals surface area contributed by atoms with Crippen LogP contribution in [0.1, 0.15) is 36.8 Å². The summed E-state index contributed by atoms with van der Waals surface area (Å²) >= 11 is 7.20. The quantitative estimate of drug-likeness (QED) is 0.613. The molecule has 1 nitrogen and oxygen atoms in total. The summed E-state index contributed by atoms with van der Waals surface area (Å²) in [4.78, 5) is 2.74. The highest BCUT2D eigenvalue weighted by Crippen LogP contribution is 2.28. The number of benzene rings is 1. The maximum absolute atomic E-state index is 3.52. The molecule has 1 aromatic heterocycles. The summed E-state index contributed by atoms with van der Waals surface area (Å²) < 4.78 is 1.18. The van der Waals surface area contributed by atoms with E-state index in [1.807, 2.05) is 23.1 Å². The zero-order valence-corrected chi connectivity index (χ0v) is 15.1. The van der Waals surface area contributed by atoms with Crippen molar-refractivity contribution in [1.82, 2.24) is 5.32 Å². The van der Waals surface area contributed by atoms with Gasteiger partial charge in [0.15, 0.2) is 0 Å². The fourth-order valence-electron chi connectivity index (χ4n) is 1.92. The summed E-state index contributed by atoms with van der Waals surface area (Å²) in [6.07, 6.45) is 1.18. The first-order chi connectivity index (χ1) is 9.69. The molecule has 0 radical (unpaired) electrons. The summed E-state index contributed by atoms with van der Waals surface area (Å²) in [5, 5.41) is 5.66. The van der Waals surface area contributed by atoms with Crippen molar-refractivity contribution in [2.75, 3.05) is 6.54 Å². The van der Waals surface area contributed by atoms with E-state index in [9.17, 15) is 0 Å². The number of thiophene rings is 1. The Kier molecular flexibility index (Phi) is 6.62. The van der Waals surface area contributed by atoms with E-state index < -0.39 is 0 Å². The minimum Gasteiger partial charge on any atom is -0.310 e. The van der Waals surface area contributed by atoms with Crippen molar-refractivity contribution in [3.63, 3.8) is 0 Å². The standard InChI is InChI=1S/C16H20BrNS2/c1-3-8-18-12(2)13-4-6-15(7-5-13)20-11-16-9-14(17)10-19-16/h4-7,9-10,12,18H,3,8,11H2,1-2H3. The van der Waals surface area contributed by atoms with Crippen molar-refractivity contribution < 1.29 is 0 Å². The highest BCUT2D eigenvalue weighted by Gasteiger charge is 2.04. The minimum absolute atomic E-state index is 0.433. The molecule has 1 N–H and O–H groups in total. The molecule has 0 aliphatic heterocycles. The van der Waals surface area contributed by atoms with Gasteiger partial charge in [0.25, 0.3) is 0 Å². The Labute approximate surface area is 138 Å². The molecule has 4 heteroatoms. The number of halogens is 1. The molecular formula is C16H20BrNS2. The number of rotatable bonds is 7. The molecule has 1 unspecified atom stereocenters.